The summed E-state index contributed by atoms with van der Waals surface area (Å²) >= 11 is 0. The van der Waals surface area contributed by atoms with Crippen LogP contribution in [0.25, 0.3) is 0 Å². The second kappa shape index (κ2) is 4.84. The molecule has 0 atom stereocenters. The number of hydrogen-bond donors (Lipinski definition) is 1. The van der Waals surface area contributed by atoms with Crippen LogP contribution in [-0.4, -0.2) is 0 Å². The first-order chi connectivity index (χ1) is 8.58. The number of halogens is 2. The molecular formula is C14H10F2N2. The van der Waals surface area contributed by atoms with Crippen molar-refractivity contribution in [2.24, 2.45) is 0 Å². The Labute approximate surface area is 103 Å². The number of nitrogens with zero attached hydrogens (tertiary/aromatic N) is 1. The van der Waals surface area contributed by atoms with Crippen LogP contribution in [-0.2, 0) is 0 Å². The van der Waals surface area contributed by atoms with Gasteiger partial charge in [-0.05, 0) is 42.8 Å². The topological polar surface area (TPSA) is 35.8 Å². The fourth-order valence-electron chi connectivity index (χ4n) is 1.65. The third-order valence-electron chi connectivity index (χ3n) is 2.50. The summed E-state index contributed by atoms with van der Waals surface area (Å²) in [6.07, 6.45) is 0. The van der Waals surface area contributed by atoms with Gasteiger partial charge in [0.05, 0.1) is 11.6 Å². The molecule has 0 saturated carbocycles. The molecule has 2 rings (SSSR count). The average molecular weight is 244 g/mol. The maximum absolute atomic E-state index is 13.0. The molecule has 90 valence electrons. The molecule has 2 aromatic rings. The molecule has 2 aromatic carbocycles. The van der Waals surface area contributed by atoms with Crippen LogP contribution in [0.4, 0.5) is 20.2 Å². The Kier molecular flexibility index (Phi) is 3.24. The number of aryl methyl sites for hydroxylation is 1. The Bertz CT molecular complexity index is 610. The normalized spacial score (nSPS) is 9.89. The first kappa shape index (κ1) is 12.1. The summed E-state index contributed by atoms with van der Waals surface area (Å²) in [6.45, 7) is 1.82. The van der Waals surface area contributed by atoms with Gasteiger partial charge in [-0.15, -0.1) is 0 Å². The number of benzene rings is 2. The Morgan fingerprint density at radius 2 is 1.72 bits per heavy atom. The van der Waals surface area contributed by atoms with Gasteiger partial charge in [-0.25, -0.2) is 8.78 Å². The first-order valence-electron chi connectivity index (χ1n) is 5.32. The number of hydrogen-bond acceptors (Lipinski definition) is 2. The SMILES string of the molecule is Cc1cc(C#N)ccc1Nc1cc(F)cc(F)c1. The Hall–Kier alpha value is -2.41. The zero-order valence-corrected chi connectivity index (χ0v) is 9.67. The minimum atomic E-state index is -0.635. The molecule has 0 fully saturated rings. The standard InChI is InChI=1S/C14H10F2N2/c1-9-4-10(8-17)2-3-14(9)18-13-6-11(15)5-12(16)7-13/h2-7,18H,1H3. The minimum absolute atomic E-state index is 0.334. The van der Waals surface area contributed by atoms with Gasteiger partial charge in [0.15, 0.2) is 0 Å². The van der Waals surface area contributed by atoms with Crippen molar-refractivity contribution in [3.8, 4) is 6.07 Å². The molecule has 0 aliphatic rings. The molecule has 0 heterocycles. The summed E-state index contributed by atoms with van der Waals surface area (Å²) in [6, 6.07) is 10.3. The van der Waals surface area contributed by atoms with Crippen molar-refractivity contribution in [3.63, 3.8) is 0 Å². The number of anilines is 2. The van der Waals surface area contributed by atoms with E-state index in [-0.39, 0.29) is 0 Å². The smallest absolute Gasteiger partial charge is 0.128 e. The number of nitriles is 1. The van der Waals surface area contributed by atoms with Crippen molar-refractivity contribution in [1.29, 1.82) is 5.26 Å². The number of nitrogens with one attached hydrogen (secondary N) is 1. The molecule has 0 radical (unpaired) electrons. The minimum Gasteiger partial charge on any atom is -0.355 e. The summed E-state index contributed by atoms with van der Waals surface area (Å²) in [7, 11) is 0. The molecule has 18 heavy (non-hydrogen) atoms. The zero-order valence-electron chi connectivity index (χ0n) is 9.67. The van der Waals surface area contributed by atoms with E-state index in [2.05, 4.69) is 5.32 Å². The predicted octanol–water partition coefficient (Wildman–Crippen LogP) is 3.89. The van der Waals surface area contributed by atoms with Crippen molar-refractivity contribution in [2.75, 3.05) is 5.32 Å². The lowest BCUT2D eigenvalue weighted by Crippen LogP contribution is -1.95. The summed E-state index contributed by atoms with van der Waals surface area (Å²) in [5, 5.41) is 11.7. The van der Waals surface area contributed by atoms with Crippen molar-refractivity contribution in [1.82, 2.24) is 0 Å². The fourth-order valence-corrected chi connectivity index (χ4v) is 1.65. The average Bonchev–Trinajstić information content (AvgIpc) is 2.30. The van der Waals surface area contributed by atoms with E-state index in [1.807, 2.05) is 13.0 Å². The fraction of sp³-hybridized carbons (Fsp3) is 0.0714. The van der Waals surface area contributed by atoms with Gasteiger partial charge in [-0.1, -0.05) is 0 Å². The van der Waals surface area contributed by atoms with Crippen LogP contribution in [0, 0.1) is 29.9 Å². The molecular weight excluding hydrogens is 234 g/mol. The van der Waals surface area contributed by atoms with Gasteiger partial charge in [0.2, 0.25) is 0 Å². The van der Waals surface area contributed by atoms with E-state index < -0.39 is 11.6 Å². The molecule has 4 heteroatoms. The van der Waals surface area contributed by atoms with E-state index >= 15 is 0 Å². The van der Waals surface area contributed by atoms with Gasteiger partial charge in [-0.3, -0.25) is 0 Å². The van der Waals surface area contributed by atoms with Gasteiger partial charge in [0.25, 0.3) is 0 Å². The largest absolute Gasteiger partial charge is 0.355 e. The highest BCUT2D eigenvalue weighted by Crippen LogP contribution is 2.22. The second-order valence-corrected chi connectivity index (χ2v) is 3.92. The Morgan fingerprint density at radius 1 is 1.06 bits per heavy atom. The highest BCUT2D eigenvalue weighted by atomic mass is 19.1. The molecule has 0 saturated heterocycles. The number of rotatable bonds is 2. The first-order valence-corrected chi connectivity index (χ1v) is 5.32. The van der Waals surface area contributed by atoms with E-state index in [1.165, 1.54) is 12.1 Å². The third-order valence-corrected chi connectivity index (χ3v) is 2.50. The van der Waals surface area contributed by atoms with E-state index in [4.69, 9.17) is 5.26 Å². The summed E-state index contributed by atoms with van der Waals surface area (Å²) in [4.78, 5) is 0. The molecule has 0 aromatic heterocycles. The Balaban J connectivity index is 2.31. The van der Waals surface area contributed by atoms with Gasteiger partial charge in [0, 0.05) is 17.4 Å². The third kappa shape index (κ3) is 2.64. The summed E-state index contributed by atoms with van der Waals surface area (Å²) in [5.41, 5.74) is 2.42. The van der Waals surface area contributed by atoms with Gasteiger partial charge in [0.1, 0.15) is 11.6 Å². The summed E-state index contributed by atoms with van der Waals surface area (Å²) in [5.74, 6) is -1.27. The van der Waals surface area contributed by atoms with Gasteiger partial charge >= 0.3 is 0 Å². The maximum atomic E-state index is 13.0. The molecule has 0 aliphatic heterocycles. The molecule has 1 N–H and O–H groups in total. The quantitative estimate of drug-likeness (QED) is 0.869. The molecule has 0 spiro atoms. The van der Waals surface area contributed by atoms with Gasteiger partial charge < -0.3 is 5.32 Å². The van der Waals surface area contributed by atoms with Crippen LogP contribution >= 0.6 is 0 Å². The van der Waals surface area contributed by atoms with E-state index in [1.54, 1.807) is 18.2 Å². The lowest BCUT2D eigenvalue weighted by Gasteiger charge is -2.10. The van der Waals surface area contributed by atoms with Crippen molar-refractivity contribution >= 4 is 11.4 Å². The van der Waals surface area contributed by atoms with Crippen LogP contribution in [0.2, 0.25) is 0 Å². The van der Waals surface area contributed by atoms with Crippen LogP contribution in [0.3, 0.4) is 0 Å². The summed E-state index contributed by atoms with van der Waals surface area (Å²) < 4.78 is 26.1. The molecule has 0 unspecified atom stereocenters. The molecule has 0 bridgehead atoms. The van der Waals surface area contributed by atoms with Crippen molar-refractivity contribution < 1.29 is 8.78 Å². The lowest BCUT2D eigenvalue weighted by molar-refractivity contribution is 0.584. The van der Waals surface area contributed by atoms with Crippen molar-refractivity contribution in [3.05, 3.63) is 59.2 Å². The maximum Gasteiger partial charge on any atom is 0.128 e. The monoisotopic (exact) mass is 244 g/mol. The van der Waals surface area contributed by atoms with E-state index in [9.17, 15) is 8.78 Å². The van der Waals surface area contributed by atoms with Crippen LogP contribution < -0.4 is 5.32 Å². The highest BCUT2D eigenvalue weighted by molar-refractivity contribution is 5.64. The van der Waals surface area contributed by atoms with Crippen LogP contribution in [0.1, 0.15) is 11.1 Å². The molecule has 2 nitrogen and oxygen atoms in total. The van der Waals surface area contributed by atoms with Gasteiger partial charge in [-0.2, -0.15) is 5.26 Å². The zero-order chi connectivity index (χ0) is 13.1. The Morgan fingerprint density at radius 3 is 2.28 bits per heavy atom. The molecule has 0 aliphatic carbocycles. The highest BCUT2D eigenvalue weighted by Gasteiger charge is 2.03. The van der Waals surface area contributed by atoms with E-state index in [0.717, 1.165) is 11.6 Å². The predicted molar refractivity (Wildman–Crippen MR) is 65.5 cm³/mol. The van der Waals surface area contributed by atoms with Crippen molar-refractivity contribution in [2.45, 2.75) is 6.92 Å². The van der Waals surface area contributed by atoms with Crippen LogP contribution in [0.15, 0.2) is 36.4 Å². The lowest BCUT2D eigenvalue weighted by atomic mass is 10.1. The van der Waals surface area contributed by atoms with Crippen LogP contribution in [0.5, 0.6) is 0 Å². The van der Waals surface area contributed by atoms with E-state index in [0.29, 0.717) is 16.9 Å². The second-order valence-electron chi connectivity index (χ2n) is 3.92. The molecule has 0 amide bonds.